The van der Waals surface area contributed by atoms with Crippen molar-refractivity contribution in [2.24, 2.45) is 0 Å². The molecule has 0 aliphatic heterocycles. The summed E-state index contributed by atoms with van der Waals surface area (Å²) in [6, 6.07) is 36.4. The van der Waals surface area contributed by atoms with Crippen LogP contribution in [0.25, 0.3) is 11.1 Å². The number of aliphatic hydroxyl groups excluding tert-OH is 1. The van der Waals surface area contributed by atoms with Crippen molar-refractivity contribution in [2.75, 3.05) is 13.2 Å². The zero-order chi connectivity index (χ0) is 19.7. The Kier molecular flexibility index (Phi) is 4.42. The van der Waals surface area contributed by atoms with Gasteiger partial charge in [-0.05, 0) is 45.5 Å². The Balaban J connectivity index is 1.80. The molecule has 0 fully saturated rings. The number of hydrogen-bond acceptors (Lipinski definition) is 2. The van der Waals surface area contributed by atoms with E-state index in [4.69, 9.17) is 9.84 Å². The van der Waals surface area contributed by atoms with E-state index in [1.165, 1.54) is 33.4 Å². The van der Waals surface area contributed by atoms with Gasteiger partial charge in [0.1, 0.15) is 12.4 Å². The number of fused-ring (bicyclic) bond motifs is 3. The van der Waals surface area contributed by atoms with Gasteiger partial charge in [-0.25, -0.2) is 0 Å². The fourth-order valence-electron chi connectivity index (χ4n) is 4.68. The maximum absolute atomic E-state index is 9.04. The lowest BCUT2D eigenvalue weighted by Gasteiger charge is -2.33. The van der Waals surface area contributed by atoms with Crippen molar-refractivity contribution in [3.8, 4) is 16.9 Å². The average Bonchev–Trinajstić information content (AvgIpc) is 3.10. The van der Waals surface area contributed by atoms with E-state index >= 15 is 0 Å². The van der Waals surface area contributed by atoms with Crippen molar-refractivity contribution in [3.05, 3.63) is 125 Å². The molecule has 0 atom stereocenters. The smallest absolute Gasteiger partial charge is 0.119 e. The van der Waals surface area contributed by atoms with Crippen LogP contribution in [-0.4, -0.2) is 18.3 Å². The molecule has 0 bridgehead atoms. The van der Waals surface area contributed by atoms with Crippen LogP contribution in [0.4, 0.5) is 0 Å². The van der Waals surface area contributed by atoms with Gasteiger partial charge in [0, 0.05) is 0 Å². The Morgan fingerprint density at radius 3 is 1.69 bits per heavy atom. The standard InChI is InChI=1S/C27H22O2/c28-18-19-29-22-16-14-21(15-17-22)27(20-8-2-1-3-9-20)25-12-6-4-10-23(25)24-11-5-7-13-26(24)27/h1-17,28H,18-19H2. The first-order valence-electron chi connectivity index (χ1n) is 9.95. The van der Waals surface area contributed by atoms with E-state index in [2.05, 4.69) is 91.0 Å². The molecule has 0 amide bonds. The van der Waals surface area contributed by atoms with E-state index in [1.807, 2.05) is 12.1 Å². The zero-order valence-electron chi connectivity index (χ0n) is 16.1. The van der Waals surface area contributed by atoms with Gasteiger partial charge in [0.2, 0.25) is 0 Å². The first kappa shape index (κ1) is 17.7. The molecule has 0 saturated carbocycles. The van der Waals surface area contributed by atoms with Crippen molar-refractivity contribution in [1.82, 2.24) is 0 Å². The molecule has 0 aromatic heterocycles. The first-order chi connectivity index (χ1) is 14.4. The topological polar surface area (TPSA) is 29.5 Å². The molecule has 1 N–H and O–H groups in total. The summed E-state index contributed by atoms with van der Waals surface area (Å²) >= 11 is 0. The maximum Gasteiger partial charge on any atom is 0.119 e. The van der Waals surface area contributed by atoms with Crippen molar-refractivity contribution < 1.29 is 9.84 Å². The Morgan fingerprint density at radius 2 is 1.10 bits per heavy atom. The highest BCUT2D eigenvalue weighted by Gasteiger charge is 2.45. The van der Waals surface area contributed by atoms with Gasteiger partial charge in [-0.15, -0.1) is 0 Å². The minimum Gasteiger partial charge on any atom is -0.491 e. The lowest BCUT2D eigenvalue weighted by atomic mass is 9.68. The van der Waals surface area contributed by atoms with Crippen LogP contribution in [0.1, 0.15) is 22.3 Å². The van der Waals surface area contributed by atoms with Gasteiger partial charge in [0.05, 0.1) is 12.0 Å². The number of ether oxygens (including phenoxy) is 1. The summed E-state index contributed by atoms with van der Waals surface area (Å²) in [6.45, 7) is 0.311. The summed E-state index contributed by atoms with van der Waals surface area (Å²) in [5.41, 5.74) is 7.26. The maximum atomic E-state index is 9.04. The molecule has 0 unspecified atom stereocenters. The lowest BCUT2D eigenvalue weighted by molar-refractivity contribution is 0.201. The second kappa shape index (κ2) is 7.23. The molecule has 4 aromatic carbocycles. The Labute approximate surface area is 171 Å². The number of aliphatic hydroxyl groups is 1. The van der Waals surface area contributed by atoms with Crippen molar-refractivity contribution >= 4 is 0 Å². The van der Waals surface area contributed by atoms with E-state index < -0.39 is 0 Å². The lowest BCUT2D eigenvalue weighted by Crippen LogP contribution is -2.28. The minimum absolute atomic E-state index is 0.0104. The van der Waals surface area contributed by atoms with Gasteiger partial charge in [-0.2, -0.15) is 0 Å². The van der Waals surface area contributed by atoms with E-state index in [-0.39, 0.29) is 12.0 Å². The quantitative estimate of drug-likeness (QED) is 0.442. The molecule has 29 heavy (non-hydrogen) atoms. The summed E-state index contributed by atoms with van der Waals surface area (Å²) in [5.74, 6) is 0.769. The van der Waals surface area contributed by atoms with E-state index in [0.717, 1.165) is 5.75 Å². The molecule has 2 heteroatoms. The highest BCUT2D eigenvalue weighted by atomic mass is 16.5. The molecule has 0 spiro atoms. The van der Waals surface area contributed by atoms with Crippen LogP contribution in [0.15, 0.2) is 103 Å². The predicted molar refractivity (Wildman–Crippen MR) is 116 cm³/mol. The van der Waals surface area contributed by atoms with Gasteiger partial charge in [-0.1, -0.05) is 91.0 Å². The Bertz CT molecular complexity index is 1090. The van der Waals surface area contributed by atoms with Crippen LogP contribution >= 0.6 is 0 Å². The van der Waals surface area contributed by atoms with Gasteiger partial charge >= 0.3 is 0 Å². The molecule has 2 nitrogen and oxygen atoms in total. The molecule has 4 aromatic rings. The fourth-order valence-corrected chi connectivity index (χ4v) is 4.68. The molecular weight excluding hydrogens is 356 g/mol. The third-order valence-corrected chi connectivity index (χ3v) is 5.81. The molecule has 142 valence electrons. The highest BCUT2D eigenvalue weighted by molar-refractivity contribution is 5.86. The van der Waals surface area contributed by atoms with Crippen LogP contribution in [0, 0.1) is 0 Å². The Hall–Kier alpha value is -3.36. The van der Waals surface area contributed by atoms with Crippen molar-refractivity contribution in [2.45, 2.75) is 5.41 Å². The second-order valence-electron chi connectivity index (χ2n) is 7.30. The van der Waals surface area contributed by atoms with Gasteiger partial charge in [-0.3, -0.25) is 0 Å². The fraction of sp³-hybridized carbons (Fsp3) is 0.111. The van der Waals surface area contributed by atoms with Gasteiger partial charge in [0.15, 0.2) is 0 Å². The summed E-state index contributed by atoms with van der Waals surface area (Å²) in [6.07, 6.45) is 0. The summed E-state index contributed by atoms with van der Waals surface area (Å²) in [5, 5.41) is 9.04. The zero-order valence-corrected chi connectivity index (χ0v) is 16.1. The van der Waals surface area contributed by atoms with Crippen LogP contribution in [-0.2, 0) is 5.41 Å². The number of benzene rings is 4. The summed E-state index contributed by atoms with van der Waals surface area (Å²) in [4.78, 5) is 0. The van der Waals surface area contributed by atoms with Crippen LogP contribution in [0.5, 0.6) is 5.75 Å². The predicted octanol–water partition coefficient (Wildman–Crippen LogP) is 5.42. The van der Waals surface area contributed by atoms with Crippen molar-refractivity contribution in [1.29, 1.82) is 0 Å². The molecule has 0 radical (unpaired) electrons. The highest BCUT2D eigenvalue weighted by Crippen LogP contribution is 2.55. The summed E-state index contributed by atoms with van der Waals surface area (Å²) in [7, 11) is 0. The Morgan fingerprint density at radius 1 is 0.586 bits per heavy atom. The molecule has 0 saturated heterocycles. The third kappa shape index (κ3) is 2.68. The molecule has 1 aliphatic carbocycles. The first-order valence-corrected chi connectivity index (χ1v) is 9.95. The normalized spacial score (nSPS) is 13.6. The average molecular weight is 378 g/mol. The summed E-state index contributed by atoms with van der Waals surface area (Å²) < 4.78 is 5.60. The van der Waals surface area contributed by atoms with Crippen LogP contribution < -0.4 is 4.74 Å². The van der Waals surface area contributed by atoms with Crippen LogP contribution in [0.3, 0.4) is 0 Å². The van der Waals surface area contributed by atoms with E-state index in [1.54, 1.807) is 0 Å². The molecular formula is C27H22O2. The van der Waals surface area contributed by atoms with E-state index in [0.29, 0.717) is 6.61 Å². The minimum atomic E-state index is -0.371. The van der Waals surface area contributed by atoms with Crippen LogP contribution in [0.2, 0.25) is 0 Å². The number of rotatable bonds is 5. The van der Waals surface area contributed by atoms with Gasteiger partial charge in [0.25, 0.3) is 0 Å². The molecule has 5 rings (SSSR count). The largest absolute Gasteiger partial charge is 0.491 e. The third-order valence-electron chi connectivity index (χ3n) is 5.81. The number of hydrogen-bond donors (Lipinski definition) is 1. The SMILES string of the molecule is OCCOc1ccc(C2(c3ccccc3)c3ccccc3-c3ccccc32)cc1. The van der Waals surface area contributed by atoms with E-state index in [9.17, 15) is 0 Å². The molecule has 1 aliphatic rings. The molecule has 0 heterocycles. The second-order valence-corrected chi connectivity index (χ2v) is 7.30. The van der Waals surface area contributed by atoms with Gasteiger partial charge < -0.3 is 9.84 Å². The van der Waals surface area contributed by atoms with Crippen molar-refractivity contribution in [3.63, 3.8) is 0 Å². The monoisotopic (exact) mass is 378 g/mol.